The molecule has 1 aliphatic rings. The molecule has 2 atom stereocenters. The van der Waals surface area contributed by atoms with Crippen LogP contribution in [0, 0.1) is 11.7 Å². The topological polar surface area (TPSA) is 57.6 Å². The Hall–Kier alpha value is -1.91. The lowest BCUT2D eigenvalue weighted by Gasteiger charge is -2.23. The summed E-state index contributed by atoms with van der Waals surface area (Å²) in [6.07, 6.45) is 2.16. The van der Waals surface area contributed by atoms with Gasteiger partial charge in [0.1, 0.15) is 11.9 Å². The van der Waals surface area contributed by atoms with Gasteiger partial charge in [-0.3, -0.25) is 4.79 Å². The van der Waals surface area contributed by atoms with Gasteiger partial charge in [0.2, 0.25) is 5.91 Å². The number of amides is 1. The molecule has 5 heteroatoms. The molecule has 0 aliphatic carbocycles. The van der Waals surface area contributed by atoms with Crippen molar-refractivity contribution in [2.75, 3.05) is 6.54 Å². The first-order valence-electron chi connectivity index (χ1n) is 7.24. The van der Waals surface area contributed by atoms with Crippen LogP contribution in [-0.4, -0.2) is 34.5 Å². The molecule has 0 aromatic heterocycles. The molecule has 21 heavy (non-hydrogen) atoms. The summed E-state index contributed by atoms with van der Waals surface area (Å²) in [6.45, 7) is 2.44. The number of carbonyl (C=O) groups excluding carboxylic acids is 1. The van der Waals surface area contributed by atoms with Crippen LogP contribution in [0.3, 0.4) is 0 Å². The van der Waals surface area contributed by atoms with E-state index in [0.29, 0.717) is 25.8 Å². The second-order valence-corrected chi connectivity index (χ2v) is 5.73. The molecule has 1 heterocycles. The number of carboxylic acid groups (broad SMARTS) is 1. The second-order valence-electron chi connectivity index (χ2n) is 5.73. The summed E-state index contributed by atoms with van der Waals surface area (Å²) >= 11 is 0. The molecule has 1 saturated heterocycles. The lowest BCUT2D eigenvalue weighted by atomic mass is 9.97. The Morgan fingerprint density at radius 2 is 2.24 bits per heavy atom. The zero-order chi connectivity index (χ0) is 15.4. The fourth-order valence-electron chi connectivity index (χ4n) is 2.88. The third-order valence-electron chi connectivity index (χ3n) is 3.85. The van der Waals surface area contributed by atoms with E-state index in [1.54, 1.807) is 6.07 Å². The Morgan fingerprint density at radius 1 is 1.48 bits per heavy atom. The average molecular weight is 293 g/mol. The summed E-state index contributed by atoms with van der Waals surface area (Å²) in [5.41, 5.74) is 0.853. The van der Waals surface area contributed by atoms with Crippen molar-refractivity contribution in [2.24, 2.45) is 5.92 Å². The van der Waals surface area contributed by atoms with Crippen molar-refractivity contribution in [2.45, 2.75) is 38.6 Å². The van der Waals surface area contributed by atoms with Crippen LogP contribution < -0.4 is 0 Å². The highest BCUT2D eigenvalue weighted by Gasteiger charge is 2.34. The van der Waals surface area contributed by atoms with E-state index in [1.807, 2.05) is 13.0 Å². The second kappa shape index (κ2) is 6.70. The highest BCUT2D eigenvalue weighted by atomic mass is 19.1. The van der Waals surface area contributed by atoms with Crippen LogP contribution in [0.25, 0.3) is 0 Å². The first-order chi connectivity index (χ1) is 9.97. The number of rotatable bonds is 5. The molecule has 1 aromatic carbocycles. The van der Waals surface area contributed by atoms with E-state index in [4.69, 9.17) is 5.11 Å². The maximum atomic E-state index is 13.1. The fraction of sp³-hybridized carbons (Fsp3) is 0.500. The number of carbonyl (C=O) groups is 2. The van der Waals surface area contributed by atoms with Gasteiger partial charge in [0.15, 0.2) is 0 Å². The quantitative estimate of drug-likeness (QED) is 0.907. The molecule has 2 unspecified atom stereocenters. The van der Waals surface area contributed by atoms with Crippen molar-refractivity contribution < 1.29 is 19.1 Å². The molecule has 0 radical (unpaired) electrons. The molecule has 0 spiro atoms. The summed E-state index contributed by atoms with van der Waals surface area (Å²) in [7, 11) is 0. The van der Waals surface area contributed by atoms with Crippen LogP contribution in [0.5, 0.6) is 0 Å². The Bertz CT molecular complexity index is 532. The number of likely N-dealkylation sites (tertiary alicyclic amines) is 1. The standard InChI is InChI=1S/C16H20FNO3/c1-11(8-12-4-2-5-13(17)10-12)9-15(19)18-7-3-6-14(18)16(20)21/h2,4-5,10-11,14H,3,6-9H2,1H3,(H,20,21). The highest BCUT2D eigenvalue weighted by Crippen LogP contribution is 2.21. The fourth-order valence-corrected chi connectivity index (χ4v) is 2.88. The van der Waals surface area contributed by atoms with E-state index in [9.17, 15) is 14.0 Å². The summed E-state index contributed by atoms with van der Waals surface area (Å²) in [6, 6.07) is 5.66. The van der Waals surface area contributed by atoms with Crippen LogP contribution in [0.1, 0.15) is 31.7 Å². The first-order valence-corrected chi connectivity index (χ1v) is 7.24. The van der Waals surface area contributed by atoms with Gasteiger partial charge >= 0.3 is 5.97 Å². The Kier molecular flexibility index (Phi) is 4.94. The van der Waals surface area contributed by atoms with Crippen LogP contribution in [-0.2, 0) is 16.0 Å². The molecule has 1 aliphatic heterocycles. The number of carboxylic acids is 1. The van der Waals surface area contributed by atoms with Crippen molar-refractivity contribution in [3.8, 4) is 0 Å². The van der Waals surface area contributed by atoms with Crippen LogP contribution in [0.4, 0.5) is 4.39 Å². The summed E-state index contributed by atoms with van der Waals surface area (Å²) in [4.78, 5) is 24.8. The van der Waals surface area contributed by atoms with E-state index < -0.39 is 12.0 Å². The molecule has 4 nitrogen and oxygen atoms in total. The lowest BCUT2D eigenvalue weighted by molar-refractivity contribution is -0.148. The molecule has 1 amide bonds. The summed E-state index contributed by atoms with van der Waals surface area (Å²) in [5, 5.41) is 9.10. The molecule has 1 aromatic rings. The number of hydrogen-bond donors (Lipinski definition) is 1. The van der Waals surface area contributed by atoms with Crippen molar-refractivity contribution in [1.82, 2.24) is 4.90 Å². The number of hydrogen-bond acceptors (Lipinski definition) is 2. The summed E-state index contributed by atoms with van der Waals surface area (Å²) < 4.78 is 13.1. The zero-order valence-corrected chi connectivity index (χ0v) is 12.1. The monoisotopic (exact) mass is 293 g/mol. The number of benzene rings is 1. The minimum absolute atomic E-state index is 0.0503. The maximum absolute atomic E-state index is 13.1. The predicted molar refractivity (Wildman–Crippen MR) is 76.3 cm³/mol. The normalized spacial score (nSPS) is 19.5. The smallest absolute Gasteiger partial charge is 0.326 e. The minimum atomic E-state index is -0.932. The number of aliphatic carboxylic acids is 1. The van der Waals surface area contributed by atoms with Crippen molar-refractivity contribution >= 4 is 11.9 Å². The van der Waals surface area contributed by atoms with Gasteiger partial charge in [0, 0.05) is 13.0 Å². The lowest BCUT2D eigenvalue weighted by Crippen LogP contribution is -2.41. The van der Waals surface area contributed by atoms with E-state index in [-0.39, 0.29) is 17.6 Å². The Morgan fingerprint density at radius 3 is 2.90 bits per heavy atom. The van der Waals surface area contributed by atoms with Gasteiger partial charge in [-0.25, -0.2) is 9.18 Å². The molecular weight excluding hydrogens is 273 g/mol. The molecule has 1 fully saturated rings. The van der Waals surface area contributed by atoms with Crippen molar-refractivity contribution in [1.29, 1.82) is 0 Å². The number of nitrogens with zero attached hydrogens (tertiary/aromatic N) is 1. The van der Waals surface area contributed by atoms with Gasteiger partial charge in [0.05, 0.1) is 0 Å². The predicted octanol–water partition coefficient (Wildman–Crippen LogP) is 2.47. The molecule has 0 saturated carbocycles. The summed E-state index contributed by atoms with van der Waals surface area (Å²) in [5.74, 6) is -1.28. The molecule has 2 rings (SSSR count). The third-order valence-corrected chi connectivity index (χ3v) is 3.85. The van der Waals surface area contributed by atoms with Crippen LogP contribution in [0.2, 0.25) is 0 Å². The SMILES string of the molecule is CC(CC(=O)N1CCCC1C(=O)O)Cc1cccc(F)c1. The van der Waals surface area contributed by atoms with E-state index in [1.165, 1.54) is 17.0 Å². The highest BCUT2D eigenvalue weighted by molar-refractivity contribution is 5.84. The largest absolute Gasteiger partial charge is 0.480 e. The Labute approximate surface area is 123 Å². The minimum Gasteiger partial charge on any atom is -0.480 e. The van der Waals surface area contributed by atoms with Crippen molar-refractivity contribution in [3.05, 3.63) is 35.6 Å². The van der Waals surface area contributed by atoms with E-state index >= 15 is 0 Å². The maximum Gasteiger partial charge on any atom is 0.326 e. The van der Waals surface area contributed by atoms with Gasteiger partial charge in [-0.1, -0.05) is 19.1 Å². The van der Waals surface area contributed by atoms with Gasteiger partial charge in [-0.2, -0.15) is 0 Å². The van der Waals surface area contributed by atoms with Crippen LogP contribution in [0.15, 0.2) is 24.3 Å². The van der Waals surface area contributed by atoms with Crippen LogP contribution >= 0.6 is 0 Å². The van der Waals surface area contributed by atoms with Gasteiger partial charge in [0.25, 0.3) is 0 Å². The van der Waals surface area contributed by atoms with Gasteiger partial charge in [-0.05, 0) is 42.9 Å². The van der Waals surface area contributed by atoms with Gasteiger partial charge in [-0.15, -0.1) is 0 Å². The molecule has 1 N–H and O–H groups in total. The molecule has 114 valence electrons. The van der Waals surface area contributed by atoms with E-state index in [2.05, 4.69) is 0 Å². The average Bonchev–Trinajstić information content (AvgIpc) is 2.87. The zero-order valence-electron chi connectivity index (χ0n) is 12.1. The molecular formula is C16H20FNO3. The third kappa shape index (κ3) is 4.03. The first kappa shape index (κ1) is 15.5. The molecule has 0 bridgehead atoms. The Balaban J connectivity index is 1.91. The van der Waals surface area contributed by atoms with Crippen molar-refractivity contribution in [3.63, 3.8) is 0 Å². The number of halogens is 1. The van der Waals surface area contributed by atoms with Gasteiger partial charge < -0.3 is 10.0 Å². The van der Waals surface area contributed by atoms with E-state index in [0.717, 1.165) is 12.0 Å².